The van der Waals surface area contributed by atoms with Gasteiger partial charge in [-0.2, -0.15) is 5.10 Å². The van der Waals surface area contributed by atoms with Crippen molar-refractivity contribution < 1.29 is 0 Å². The van der Waals surface area contributed by atoms with Gasteiger partial charge in [0.25, 0.3) is 0 Å². The third-order valence-corrected chi connectivity index (χ3v) is 5.18. The molecule has 0 saturated heterocycles. The lowest BCUT2D eigenvalue weighted by atomic mass is 10.00. The normalized spacial score (nSPS) is 14.2. The van der Waals surface area contributed by atoms with Crippen LogP contribution in [0.15, 0.2) is 35.3 Å². The fourth-order valence-corrected chi connectivity index (χ4v) is 3.73. The first-order valence-corrected chi connectivity index (χ1v) is 10.5. The van der Waals surface area contributed by atoms with Crippen LogP contribution in [0.5, 0.6) is 0 Å². The van der Waals surface area contributed by atoms with Gasteiger partial charge in [0.2, 0.25) is 0 Å². The Hall–Kier alpha value is -1.61. The smallest absolute Gasteiger partial charge is 0.191 e. The van der Waals surface area contributed by atoms with Gasteiger partial charge in [-0.15, -0.1) is 24.0 Å². The first-order chi connectivity index (χ1) is 13.7. The molecule has 29 heavy (non-hydrogen) atoms. The second-order valence-electron chi connectivity index (χ2n) is 7.49. The standard InChI is InChI=1S/C22H34N6.HI/c1-4-23-22(24-11-7-13-28-19(3)16-18(2)26-28)25-12-15-27-14-10-20-8-5-6-9-21(20)17-27;/h5-6,8-9,16H,4,7,10-15,17H2,1-3H3,(H2,23,24,25);1H. The van der Waals surface area contributed by atoms with Crippen molar-refractivity contribution >= 4 is 29.9 Å². The van der Waals surface area contributed by atoms with Gasteiger partial charge in [-0.1, -0.05) is 24.3 Å². The highest BCUT2D eigenvalue weighted by atomic mass is 127. The van der Waals surface area contributed by atoms with Crippen molar-refractivity contribution in [1.82, 2.24) is 25.3 Å². The summed E-state index contributed by atoms with van der Waals surface area (Å²) >= 11 is 0. The molecule has 1 aromatic heterocycles. The molecule has 0 spiro atoms. The van der Waals surface area contributed by atoms with E-state index >= 15 is 0 Å². The fourth-order valence-electron chi connectivity index (χ4n) is 3.73. The van der Waals surface area contributed by atoms with Crippen LogP contribution in [0.3, 0.4) is 0 Å². The number of aryl methyl sites for hydroxylation is 3. The summed E-state index contributed by atoms with van der Waals surface area (Å²) in [7, 11) is 0. The molecule has 2 aromatic rings. The summed E-state index contributed by atoms with van der Waals surface area (Å²) in [5.74, 6) is 0.910. The van der Waals surface area contributed by atoms with E-state index in [0.717, 1.165) is 70.3 Å². The molecule has 0 saturated carbocycles. The number of halogens is 1. The molecule has 1 aromatic carbocycles. The predicted molar refractivity (Wildman–Crippen MR) is 131 cm³/mol. The molecule has 0 radical (unpaired) electrons. The summed E-state index contributed by atoms with van der Waals surface area (Å²) in [5.41, 5.74) is 5.27. The van der Waals surface area contributed by atoms with Crippen LogP contribution in [-0.4, -0.2) is 53.4 Å². The van der Waals surface area contributed by atoms with E-state index < -0.39 is 0 Å². The Morgan fingerprint density at radius 3 is 2.66 bits per heavy atom. The minimum atomic E-state index is 0. The van der Waals surface area contributed by atoms with Crippen LogP contribution in [-0.2, 0) is 19.5 Å². The van der Waals surface area contributed by atoms with E-state index in [2.05, 4.69) is 69.5 Å². The maximum Gasteiger partial charge on any atom is 0.191 e. The number of fused-ring (bicyclic) bond motifs is 1. The number of rotatable bonds is 8. The minimum Gasteiger partial charge on any atom is -0.357 e. The molecule has 0 atom stereocenters. The molecule has 0 fully saturated rings. The molecule has 2 N–H and O–H groups in total. The quantitative estimate of drug-likeness (QED) is 0.248. The molecule has 160 valence electrons. The third-order valence-electron chi connectivity index (χ3n) is 5.18. The van der Waals surface area contributed by atoms with Crippen molar-refractivity contribution in [3.63, 3.8) is 0 Å². The highest BCUT2D eigenvalue weighted by Gasteiger charge is 2.15. The molecule has 1 aliphatic rings. The van der Waals surface area contributed by atoms with Crippen molar-refractivity contribution in [2.24, 2.45) is 4.99 Å². The first kappa shape index (κ1) is 23.7. The molecule has 0 aliphatic carbocycles. The monoisotopic (exact) mass is 510 g/mol. The van der Waals surface area contributed by atoms with E-state index in [4.69, 9.17) is 4.99 Å². The molecule has 6 nitrogen and oxygen atoms in total. The molecule has 3 rings (SSSR count). The zero-order valence-corrected chi connectivity index (χ0v) is 20.3. The fraction of sp³-hybridized carbons (Fsp3) is 0.545. The Labute approximate surface area is 192 Å². The number of nitrogens with one attached hydrogen (secondary N) is 2. The number of aromatic nitrogens is 2. The van der Waals surface area contributed by atoms with Crippen molar-refractivity contribution in [3.05, 3.63) is 52.8 Å². The Bertz CT molecular complexity index is 785. The van der Waals surface area contributed by atoms with Gasteiger partial charge < -0.3 is 10.6 Å². The van der Waals surface area contributed by atoms with Crippen LogP contribution in [0.25, 0.3) is 0 Å². The van der Waals surface area contributed by atoms with Crippen LogP contribution < -0.4 is 10.6 Å². The predicted octanol–water partition coefficient (Wildman–Crippen LogP) is 3.12. The van der Waals surface area contributed by atoms with Gasteiger partial charge >= 0.3 is 0 Å². The van der Waals surface area contributed by atoms with Crippen molar-refractivity contribution in [1.29, 1.82) is 0 Å². The largest absolute Gasteiger partial charge is 0.357 e. The van der Waals surface area contributed by atoms with Crippen LogP contribution in [0.1, 0.15) is 35.9 Å². The zero-order chi connectivity index (χ0) is 19.8. The van der Waals surface area contributed by atoms with Gasteiger partial charge in [0.1, 0.15) is 0 Å². The summed E-state index contributed by atoms with van der Waals surface area (Å²) in [4.78, 5) is 7.23. The lowest BCUT2D eigenvalue weighted by Crippen LogP contribution is -2.42. The van der Waals surface area contributed by atoms with Gasteiger partial charge in [0, 0.05) is 51.5 Å². The highest BCUT2D eigenvalue weighted by Crippen LogP contribution is 2.17. The molecular formula is C22H35IN6. The summed E-state index contributed by atoms with van der Waals surface area (Å²) < 4.78 is 2.07. The van der Waals surface area contributed by atoms with Crippen molar-refractivity contribution in [3.8, 4) is 0 Å². The zero-order valence-electron chi connectivity index (χ0n) is 17.9. The van der Waals surface area contributed by atoms with Gasteiger partial charge in [-0.05, 0) is 50.8 Å². The summed E-state index contributed by atoms with van der Waals surface area (Å²) in [5, 5.41) is 11.3. The molecule has 2 heterocycles. The van der Waals surface area contributed by atoms with Gasteiger partial charge in [0.05, 0.1) is 5.69 Å². The van der Waals surface area contributed by atoms with Crippen LogP contribution >= 0.6 is 24.0 Å². The Morgan fingerprint density at radius 2 is 1.93 bits per heavy atom. The topological polar surface area (TPSA) is 57.5 Å². The van der Waals surface area contributed by atoms with E-state index in [-0.39, 0.29) is 24.0 Å². The Balaban J connectivity index is 0.00000300. The van der Waals surface area contributed by atoms with Crippen molar-refractivity contribution in [2.45, 2.75) is 46.7 Å². The van der Waals surface area contributed by atoms with Gasteiger partial charge in [0.15, 0.2) is 5.96 Å². The SMILES string of the molecule is CCNC(=NCCCn1nc(C)cc1C)NCCN1CCc2ccccc2C1.I. The molecule has 0 amide bonds. The number of aliphatic imine (C=N–C) groups is 1. The average Bonchev–Trinajstić information content (AvgIpc) is 3.02. The lowest BCUT2D eigenvalue weighted by molar-refractivity contribution is 0.258. The van der Waals surface area contributed by atoms with E-state index in [9.17, 15) is 0 Å². The number of hydrogen-bond acceptors (Lipinski definition) is 3. The van der Waals surface area contributed by atoms with E-state index in [1.54, 1.807) is 0 Å². The lowest BCUT2D eigenvalue weighted by Gasteiger charge is -2.28. The van der Waals surface area contributed by atoms with Crippen LogP contribution in [0, 0.1) is 13.8 Å². The second-order valence-corrected chi connectivity index (χ2v) is 7.49. The first-order valence-electron chi connectivity index (χ1n) is 10.5. The van der Waals surface area contributed by atoms with Gasteiger partial charge in [-0.3, -0.25) is 14.6 Å². The summed E-state index contributed by atoms with van der Waals surface area (Å²) in [6.07, 6.45) is 2.14. The van der Waals surface area contributed by atoms with Crippen molar-refractivity contribution in [2.75, 3.05) is 32.7 Å². The third kappa shape index (κ3) is 7.29. The second kappa shape index (κ2) is 12.2. The highest BCUT2D eigenvalue weighted by molar-refractivity contribution is 14.0. The van der Waals surface area contributed by atoms with Crippen LogP contribution in [0.4, 0.5) is 0 Å². The van der Waals surface area contributed by atoms with E-state index in [1.807, 2.05) is 6.92 Å². The molecule has 0 bridgehead atoms. The average molecular weight is 510 g/mol. The number of guanidine groups is 1. The van der Waals surface area contributed by atoms with E-state index in [0.29, 0.717) is 0 Å². The number of nitrogens with zero attached hydrogens (tertiary/aromatic N) is 4. The molecular weight excluding hydrogens is 475 g/mol. The minimum absolute atomic E-state index is 0. The molecule has 1 aliphatic heterocycles. The Morgan fingerprint density at radius 1 is 1.14 bits per heavy atom. The maximum atomic E-state index is 4.72. The molecule has 0 unspecified atom stereocenters. The summed E-state index contributed by atoms with van der Waals surface area (Å²) in [6, 6.07) is 10.9. The number of hydrogen-bond donors (Lipinski definition) is 2. The van der Waals surface area contributed by atoms with Crippen LogP contribution in [0.2, 0.25) is 0 Å². The van der Waals surface area contributed by atoms with E-state index in [1.165, 1.54) is 16.8 Å². The maximum absolute atomic E-state index is 4.72. The molecule has 7 heteroatoms. The van der Waals surface area contributed by atoms with Gasteiger partial charge in [-0.25, -0.2) is 0 Å². The Kier molecular flexibility index (Phi) is 9.93. The summed E-state index contributed by atoms with van der Waals surface area (Å²) in [6.45, 7) is 13.0. The number of benzene rings is 1.